The van der Waals surface area contributed by atoms with E-state index in [1.165, 1.54) is 0 Å². The molecular formula is C26H26N6O2. The topological polar surface area (TPSA) is 85.2 Å². The van der Waals surface area contributed by atoms with Crippen LogP contribution in [-0.2, 0) is 4.74 Å². The maximum atomic E-state index is 13.3. The van der Waals surface area contributed by atoms with E-state index >= 15 is 0 Å². The average molecular weight is 455 g/mol. The number of anilines is 2. The smallest absolute Gasteiger partial charge is 0.259 e. The highest BCUT2D eigenvalue weighted by molar-refractivity contribution is 6.08. The van der Waals surface area contributed by atoms with Gasteiger partial charge in [-0.1, -0.05) is 18.2 Å². The minimum atomic E-state index is -0.260. The highest BCUT2D eigenvalue weighted by Gasteiger charge is 2.23. The fourth-order valence-corrected chi connectivity index (χ4v) is 4.18. The Morgan fingerprint density at radius 3 is 2.47 bits per heavy atom. The Labute approximate surface area is 198 Å². The SMILES string of the molecule is CC1CN(c2ccc(NC(=O)c3cn(-c4ccccc4)nc3-c3cccnc3)cn2)CC(C)O1. The molecule has 5 rings (SSSR count). The number of hydrogen-bond donors (Lipinski definition) is 1. The zero-order chi connectivity index (χ0) is 23.5. The van der Waals surface area contributed by atoms with Gasteiger partial charge in [0.05, 0.1) is 35.3 Å². The Morgan fingerprint density at radius 2 is 1.79 bits per heavy atom. The van der Waals surface area contributed by atoms with Gasteiger partial charge in [-0.3, -0.25) is 9.78 Å². The third-order valence-corrected chi connectivity index (χ3v) is 5.66. The van der Waals surface area contributed by atoms with Crippen LogP contribution in [0.2, 0.25) is 0 Å². The third-order valence-electron chi connectivity index (χ3n) is 5.66. The van der Waals surface area contributed by atoms with Crippen molar-refractivity contribution in [1.29, 1.82) is 0 Å². The molecule has 8 heteroatoms. The second-order valence-electron chi connectivity index (χ2n) is 8.43. The first-order valence-corrected chi connectivity index (χ1v) is 11.3. The number of amides is 1. The molecule has 0 spiro atoms. The van der Waals surface area contributed by atoms with Gasteiger partial charge in [0.1, 0.15) is 11.5 Å². The molecule has 34 heavy (non-hydrogen) atoms. The maximum Gasteiger partial charge on any atom is 0.259 e. The Morgan fingerprint density at radius 1 is 1.00 bits per heavy atom. The first-order valence-electron chi connectivity index (χ1n) is 11.3. The molecule has 1 N–H and O–H groups in total. The van der Waals surface area contributed by atoms with Crippen molar-refractivity contribution < 1.29 is 9.53 Å². The zero-order valence-electron chi connectivity index (χ0n) is 19.1. The lowest BCUT2D eigenvalue weighted by atomic mass is 10.1. The van der Waals surface area contributed by atoms with Gasteiger partial charge in [-0.05, 0) is 50.2 Å². The standard InChI is InChI=1S/C26H26N6O2/c1-18-15-31(16-19(2)34-18)24-11-10-21(14-28-24)29-26(33)23-17-32(22-8-4-3-5-9-22)30-25(23)20-7-6-12-27-13-20/h3-14,17-19H,15-16H2,1-2H3,(H,29,33). The molecule has 172 valence electrons. The molecular weight excluding hydrogens is 428 g/mol. The lowest BCUT2D eigenvalue weighted by molar-refractivity contribution is -0.00545. The minimum absolute atomic E-state index is 0.150. The van der Waals surface area contributed by atoms with Crippen molar-refractivity contribution in [3.8, 4) is 16.9 Å². The Hall–Kier alpha value is -4.04. The number of morpholine rings is 1. The van der Waals surface area contributed by atoms with Gasteiger partial charge >= 0.3 is 0 Å². The summed E-state index contributed by atoms with van der Waals surface area (Å²) in [4.78, 5) is 24.3. The molecule has 1 amide bonds. The van der Waals surface area contributed by atoms with Crippen LogP contribution < -0.4 is 10.2 Å². The summed E-state index contributed by atoms with van der Waals surface area (Å²) in [5.74, 6) is 0.608. The summed E-state index contributed by atoms with van der Waals surface area (Å²) >= 11 is 0. The summed E-state index contributed by atoms with van der Waals surface area (Å²) in [5, 5.41) is 7.65. The van der Waals surface area contributed by atoms with Gasteiger partial charge in [0, 0.05) is 37.2 Å². The van der Waals surface area contributed by atoms with Crippen LogP contribution in [0.3, 0.4) is 0 Å². The number of ether oxygens (including phenoxy) is 1. The molecule has 1 saturated heterocycles. The molecule has 1 fully saturated rings. The molecule has 0 radical (unpaired) electrons. The number of pyridine rings is 2. The number of para-hydroxylation sites is 1. The van der Waals surface area contributed by atoms with E-state index in [1.807, 2.05) is 54.6 Å². The zero-order valence-corrected chi connectivity index (χ0v) is 19.1. The molecule has 4 aromatic rings. The highest BCUT2D eigenvalue weighted by atomic mass is 16.5. The molecule has 3 aromatic heterocycles. The Bertz CT molecular complexity index is 1250. The first-order chi connectivity index (χ1) is 16.6. The van der Waals surface area contributed by atoms with Crippen molar-refractivity contribution in [2.24, 2.45) is 0 Å². The van der Waals surface area contributed by atoms with Crippen LogP contribution in [0.4, 0.5) is 11.5 Å². The number of rotatable bonds is 5. The number of benzene rings is 1. The van der Waals surface area contributed by atoms with Crippen molar-refractivity contribution in [2.45, 2.75) is 26.1 Å². The van der Waals surface area contributed by atoms with Crippen LogP contribution in [0.1, 0.15) is 24.2 Å². The fraction of sp³-hybridized carbons (Fsp3) is 0.231. The summed E-state index contributed by atoms with van der Waals surface area (Å²) < 4.78 is 7.51. The molecule has 1 aliphatic rings. The van der Waals surface area contributed by atoms with Crippen molar-refractivity contribution in [3.63, 3.8) is 0 Å². The molecule has 1 aromatic carbocycles. The van der Waals surface area contributed by atoms with Crippen LogP contribution in [-0.4, -0.2) is 51.0 Å². The lowest BCUT2D eigenvalue weighted by Gasteiger charge is -2.36. The van der Waals surface area contributed by atoms with E-state index in [9.17, 15) is 4.79 Å². The van der Waals surface area contributed by atoms with Crippen molar-refractivity contribution >= 4 is 17.4 Å². The van der Waals surface area contributed by atoms with Crippen LogP contribution >= 0.6 is 0 Å². The molecule has 1 aliphatic heterocycles. The van der Waals surface area contributed by atoms with E-state index in [0.29, 0.717) is 16.9 Å². The van der Waals surface area contributed by atoms with E-state index in [2.05, 4.69) is 39.1 Å². The molecule has 0 aliphatic carbocycles. The second-order valence-corrected chi connectivity index (χ2v) is 8.43. The van der Waals surface area contributed by atoms with Gasteiger partial charge < -0.3 is 15.0 Å². The van der Waals surface area contributed by atoms with Crippen LogP contribution in [0.5, 0.6) is 0 Å². The van der Waals surface area contributed by atoms with Gasteiger partial charge in [-0.25, -0.2) is 9.67 Å². The summed E-state index contributed by atoms with van der Waals surface area (Å²) in [6.07, 6.45) is 7.12. The molecule has 0 bridgehead atoms. The molecule has 2 unspecified atom stereocenters. The minimum Gasteiger partial charge on any atom is -0.372 e. The number of carbonyl (C=O) groups excluding carboxylic acids is 1. The highest BCUT2D eigenvalue weighted by Crippen LogP contribution is 2.25. The average Bonchev–Trinajstić information content (AvgIpc) is 3.31. The fourth-order valence-electron chi connectivity index (χ4n) is 4.18. The molecule has 4 heterocycles. The largest absolute Gasteiger partial charge is 0.372 e. The van der Waals surface area contributed by atoms with Crippen LogP contribution in [0.15, 0.2) is 79.4 Å². The Balaban J connectivity index is 1.39. The lowest BCUT2D eigenvalue weighted by Crippen LogP contribution is -2.45. The van der Waals surface area contributed by atoms with Crippen molar-refractivity contribution in [3.05, 3.63) is 84.9 Å². The summed E-state index contributed by atoms with van der Waals surface area (Å²) in [5.41, 5.74) is 3.28. The third kappa shape index (κ3) is 4.67. The van der Waals surface area contributed by atoms with E-state index in [1.54, 1.807) is 29.5 Å². The predicted molar refractivity (Wildman–Crippen MR) is 131 cm³/mol. The normalized spacial score (nSPS) is 18.0. The van der Waals surface area contributed by atoms with Crippen molar-refractivity contribution in [1.82, 2.24) is 19.7 Å². The predicted octanol–water partition coefficient (Wildman–Crippen LogP) is 4.20. The number of nitrogens with one attached hydrogen (secondary N) is 1. The maximum absolute atomic E-state index is 13.3. The molecule has 0 saturated carbocycles. The first kappa shape index (κ1) is 21.8. The van der Waals surface area contributed by atoms with Crippen molar-refractivity contribution in [2.75, 3.05) is 23.3 Å². The van der Waals surface area contributed by atoms with Gasteiger partial charge in [0.2, 0.25) is 0 Å². The van der Waals surface area contributed by atoms with E-state index < -0.39 is 0 Å². The molecule has 8 nitrogen and oxygen atoms in total. The van der Waals surface area contributed by atoms with E-state index in [4.69, 9.17) is 4.74 Å². The molecule has 2 atom stereocenters. The summed E-state index contributed by atoms with van der Waals surface area (Å²) in [6.45, 7) is 5.70. The summed E-state index contributed by atoms with van der Waals surface area (Å²) in [7, 11) is 0. The van der Waals surface area contributed by atoms with Gasteiger partial charge in [-0.2, -0.15) is 5.10 Å². The van der Waals surface area contributed by atoms with E-state index in [-0.39, 0.29) is 18.1 Å². The van der Waals surface area contributed by atoms with Gasteiger partial charge in [0.25, 0.3) is 5.91 Å². The van der Waals surface area contributed by atoms with E-state index in [0.717, 1.165) is 30.2 Å². The number of hydrogen-bond acceptors (Lipinski definition) is 6. The van der Waals surface area contributed by atoms with Crippen LogP contribution in [0, 0.1) is 0 Å². The monoisotopic (exact) mass is 454 g/mol. The van der Waals surface area contributed by atoms with Gasteiger partial charge in [-0.15, -0.1) is 0 Å². The number of aromatic nitrogens is 4. The quantitative estimate of drug-likeness (QED) is 0.487. The summed E-state index contributed by atoms with van der Waals surface area (Å²) in [6, 6.07) is 17.2. The Kier molecular flexibility index (Phi) is 6.05. The van der Waals surface area contributed by atoms with Gasteiger partial charge in [0.15, 0.2) is 0 Å². The number of carbonyl (C=O) groups is 1. The number of nitrogens with zero attached hydrogens (tertiary/aromatic N) is 5. The van der Waals surface area contributed by atoms with Crippen LogP contribution in [0.25, 0.3) is 16.9 Å². The second kappa shape index (κ2) is 9.44.